The van der Waals surface area contributed by atoms with Crippen molar-refractivity contribution in [2.24, 2.45) is 0 Å². The standard InChI is InChI=1S/C49H35N3/c1-34-23-25-35(26-24-34)40-15-5-9-19-45(40)52-48-22-12-8-18-43(48)44-32-31-39(33-49(44)52)50(36-13-3-2-4-14-36)37-27-29-38(30-28-37)51-46-20-10-6-16-41(46)42-17-7-11-21-47(42)51/h2-33H,1H3. The van der Waals surface area contributed by atoms with Crippen LogP contribution in [0.3, 0.4) is 0 Å². The lowest BCUT2D eigenvalue weighted by atomic mass is 10.0. The van der Waals surface area contributed by atoms with Crippen LogP contribution >= 0.6 is 0 Å². The minimum absolute atomic E-state index is 1.10. The van der Waals surface area contributed by atoms with E-state index in [-0.39, 0.29) is 0 Å². The number of benzene rings is 8. The summed E-state index contributed by atoms with van der Waals surface area (Å²) in [5.74, 6) is 0. The monoisotopic (exact) mass is 665 g/mol. The molecule has 246 valence electrons. The van der Waals surface area contributed by atoms with E-state index in [9.17, 15) is 0 Å². The predicted octanol–water partition coefficient (Wildman–Crippen LogP) is 13.3. The maximum absolute atomic E-state index is 2.44. The lowest BCUT2D eigenvalue weighted by molar-refractivity contribution is 1.17. The molecule has 52 heavy (non-hydrogen) atoms. The fourth-order valence-corrected chi connectivity index (χ4v) is 7.98. The second-order valence-corrected chi connectivity index (χ2v) is 13.5. The summed E-state index contributed by atoms with van der Waals surface area (Å²) in [7, 11) is 0. The van der Waals surface area contributed by atoms with E-state index in [1.54, 1.807) is 0 Å². The molecule has 10 rings (SSSR count). The van der Waals surface area contributed by atoms with Crippen LogP contribution in [0, 0.1) is 6.92 Å². The highest BCUT2D eigenvalue weighted by Crippen LogP contribution is 2.41. The number of anilines is 3. The number of hydrogen-bond acceptors (Lipinski definition) is 1. The molecule has 0 saturated heterocycles. The first kappa shape index (κ1) is 30.0. The molecule has 0 unspecified atom stereocenters. The van der Waals surface area contributed by atoms with Crippen molar-refractivity contribution >= 4 is 60.7 Å². The number of aromatic nitrogens is 2. The molecule has 0 fully saturated rings. The van der Waals surface area contributed by atoms with Gasteiger partial charge in [-0.3, -0.25) is 0 Å². The molecule has 0 saturated carbocycles. The van der Waals surface area contributed by atoms with Crippen molar-refractivity contribution in [2.45, 2.75) is 6.92 Å². The smallest absolute Gasteiger partial charge is 0.0562 e. The van der Waals surface area contributed by atoms with Crippen LogP contribution in [-0.4, -0.2) is 9.13 Å². The molecule has 8 aromatic carbocycles. The third-order valence-electron chi connectivity index (χ3n) is 10.4. The summed E-state index contributed by atoms with van der Waals surface area (Å²) in [5, 5.41) is 5.00. The van der Waals surface area contributed by atoms with Gasteiger partial charge in [-0.25, -0.2) is 0 Å². The van der Waals surface area contributed by atoms with E-state index in [1.807, 2.05) is 0 Å². The minimum Gasteiger partial charge on any atom is -0.310 e. The SMILES string of the molecule is Cc1ccc(-c2ccccc2-n2c3ccccc3c3ccc(N(c4ccccc4)c4ccc(-n5c6ccccc6c6ccccc65)cc4)cc32)cc1. The second-order valence-electron chi connectivity index (χ2n) is 13.5. The van der Waals surface area contributed by atoms with Crippen LogP contribution in [0.15, 0.2) is 194 Å². The quantitative estimate of drug-likeness (QED) is 0.172. The van der Waals surface area contributed by atoms with Crippen LogP contribution in [0.4, 0.5) is 17.1 Å². The molecule has 0 bridgehead atoms. The van der Waals surface area contributed by atoms with Crippen molar-refractivity contribution in [3.05, 3.63) is 200 Å². The molecule has 0 radical (unpaired) electrons. The first-order valence-electron chi connectivity index (χ1n) is 17.9. The fourth-order valence-electron chi connectivity index (χ4n) is 7.98. The summed E-state index contributed by atoms with van der Waals surface area (Å²) in [6.07, 6.45) is 0. The lowest BCUT2D eigenvalue weighted by Gasteiger charge is -2.26. The summed E-state index contributed by atoms with van der Waals surface area (Å²) in [4.78, 5) is 2.36. The van der Waals surface area contributed by atoms with Gasteiger partial charge in [0.2, 0.25) is 0 Å². The number of para-hydroxylation sites is 5. The Kier molecular flexibility index (Phi) is 7.04. The fraction of sp³-hybridized carbons (Fsp3) is 0.0204. The third-order valence-corrected chi connectivity index (χ3v) is 10.4. The topological polar surface area (TPSA) is 13.1 Å². The predicted molar refractivity (Wildman–Crippen MR) is 220 cm³/mol. The van der Waals surface area contributed by atoms with Crippen LogP contribution in [0.5, 0.6) is 0 Å². The van der Waals surface area contributed by atoms with Crippen LogP contribution in [-0.2, 0) is 0 Å². The average molecular weight is 666 g/mol. The molecule has 2 heterocycles. The van der Waals surface area contributed by atoms with Gasteiger partial charge >= 0.3 is 0 Å². The van der Waals surface area contributed by atoms with E-state index in [0.29, 0.717) is 0 Å². The first-order valence-corrected chi connectivity index (χ1v) is 17.9. The van der Waals surface area contributed by atoms with Gasteiger partial charge in [0.15, 0.2) is 0 Å². The molecule has 0 amide bonds. The van der Waals surface area contributed by atoms with Crippen molar-refractivity contribution in [2.75, 3.05) is 4.90 Å². The molecular weight excluding hydrogens is 631 g/mol. The molecule has 0 aliphatic carbocycles. The molecule has 2 aromatic heterocycles. The summed E-state index contributed by atoms with van der Waals surface area (Å²) in [5.41, 5.74) is 14.0. The van der Waals surface area contributed by atoms with E-state index >= 15 is 0 Å². The molecule has 0 N–H and O–H groups in total. The third kappa shape index (κ3) is 4.82. The van der Waals surface area contributed by atoms with Crippen molar-refractivity contribution in [3.8, 4) is 22.5 Å². The van der Waals surface area contributed by atoms with E-state index < -0.39 is 0 Å². The van der Waals surface area contributed by atoms with Gasteiger partial charge in [-0.2, -0.15) is 0 Å². The molecule has 0 atom stereocenters. The average Bonchev–Trinajstić information content (AvgIpc) is 3.72. The van der Waals surface area contributed by atoms with Crippen molar-refractivity contribution in [3.63, 3.8) is 0 Å². The van der Waals surface area contributed by atoms with Gasteiger partial charge in [-0.15, -0.1) is 0 Å². The Morgan fingerprint density at radius 1 is 0.365 bits per heavy atom. The van der Waals surface area contributed by atoms with Gasteiger partial charge in [0, 0.05) is 49.9 Å². The number of fused-ring (bicyclic) bond motifs is 6. The zero-order valence-corrected chi connectivity index (χ0v) is 28.8. The Bertz CT molecular complexity index is 2840. The Morgan fingerprint density at radius 2 is 0.865 bits per heavy atom. The second kappa shape index (κ2) is 12.2. The number of nitrogens with zero attached hydrogens (tertiary/aromatic N) is 3. The van der Waals surface area contributed by atoms with Crippen molar-refractivity contribution < 1.29 is 0 Å². The van der Waals surface area contributed by atoms with Gasteiger partial charge < -0.3 is 14.0 Å². The van der Waals surface area contributed by atoms with E-state index in [4.69, 9.17) is 0 Å². The Hall–Kier alpha value is -6.84. The highest BCUT2D eigenvalue weighted by molar-refractivity contribution is 6.11. The summed E-state index contributed by atoms with van der Waals surface area (Å²) >= 11 is 0. The highest BCUT2D eigenvalue weighted by atomic mass is 15.1. The van der Waals surface area contributed by atoms with E-state index in [2.05, 4.69) is 215 Å². The van der Waals surface area contributed by atoms with Crippen LogP contribution in [0.1, 0.15) is 5.56 Å². The molecule has 10 aromatic rings. The summed E-state index contributed by atoms with van der Waals surface area (Å²) in [6.45, 7) is 2.14. The number of hydrogen-bond donors (Lipinski definition) is 0. The maximum Gasteiger partial charge on any atom is 0.0562 e. The molecule has 3 nitrogen and oxygen atoms in total. The molecule has 0 aliphatic heterocycles. The number of aryl methyl sites for hydroxylation is 1. The van der Waals surface area contributed by atoms with Gasteiger partial charge in [0.25, 0.3) is 0 Å². The Balaban J connectivity index is 1.16. The van der Waals surface area contributed by atoms with E-state index in [0.717, 1.165) is 28.4 Å². The Labute approximate surface area is 302 Å². The Morgan fingerprint density at radius 3 is 1.52 bits per heavy atom. The van der Waals surface area contributed by atoms with E-state index in [1.165, 1.54) is 60.3 Å². The molecular formula is C49H35N3. The van der Waals surface area contributed by atoms with Crippen LogP contribution in [0.25, 0.3) is 66.1 Å². The van der Waals surface area contributed by atoms with Crippen LogP contribution in [0.2, 0.25) is 0 Å². The molecule has 3 heteroatoms. The van der Waals surface area contributed by atoms with Gasteiger partial charge in [-0.1, -0.05) is 127 Å². The summed E-state index contributed by atoms with van der Waals surface area (Å²) in [6, 6.07) is 70.3. The largest absolute Gasteiger partial charge is 0.310 e. The zero-order chi connectivity index (χ0) is 34.6. The van der Waals surface area contributed by atoms with Gasteiger partial charge in [0.05, 0.1) is 27.8 Å². The van der Waals surface area contributed by atoms with Crippen molar-refractivity contribution in [1.29, 1.82) is 0 Å². The first-order chi connectivity index (χ1) is 25.7. The lowest BCUT2D eigenvalue weighted by Crippen LogP contribution is -2.10. The molecule has 0 spiro atoms. The maximum atomic E-state index is 2.44. The normalized spacial score (nSPS) is 11.6. The van der Waals surface area contributed by atoms with Gasteiger partial charge in [-0.05, 0) is 85.3 Å². The zero-order valence-electron chi connectivity index (χ0n) is 28.8. The van der Waals surface area contributed by atoms with Crippen LogP contribution < -0.4 is 4.90 Å². The highest BCUT2D eigenvalue weighted by Gasteiger charge is 2.19. The van der Waals surface area contributed by atoms with Crippen molar-refractivity contribution in [1.82, 2.24) is 9.13 Å². The number of rotatable bonds is 6. The minimum atomic E-state index is 1.10. The summed E-state index contributed by atoms with van der Waals surface area (Å²) < 4.78 is 4.81. The molecule has 0 aliphatic rings. The van der Waals surface area contributed by atoms with Gasteiger partial charge in [0.1, 0.15) is 0 Å².